The molecule has 0 fully saturated rings. The number of Topliss-reactive ketones (excluding diaryl/α,β-unsaturated/α-hetero) is 1. The summed E-state index contributed by atoms with van der Waals surface area (Å²) in [6, 6.07) is 7.22. The quantitative estimate of drug-likeness (QED) is 0.831. The number of hydrogen-bond acceptors (Lipinski definition) is 3. The van der Waals surface area contributed by atoms with Crippen LogP contribution in [-0.2, 0) is 4.79 Å². The van der Waals surface area contributed by atoms with Gasteiger partial charge >= 0.3 is 0 Å². The molecule has 0 aromatic heterocycles. The maximum Gasteiger partial charge on any atom is 0.138 e. The number of hydrogen-bond donors (Lipinski definition) is 1. The van der Waals surface area contributed by atoms with Gasteiger partial charge < -0.3 is 9.84 Å². The van der Waals surface area contributed by atoms with Gasteiger partial charge in [-0.2, -0.15) is 0 Å². The average molecular weight is 222 g/mol. The molecular weight excluding hydrogens is 204 g/mol. The molecule has 16 heavy (non-hydrogen) atoms. The molecule has 1 rings (SSSR count). The second kappa shape index (κ2) is 5.66. The van der Waals surface area contributed by atoms with Crippen LogP contribution in [0, 0.1) is 5.92 Å². The summed E-state index contributed by atoms with van der Waals surface area (Å²) in [5, 5.41) is 10.1. The van der Waals surface area contributed by atoms with Gasteiger partial charge in [0.25, 0.3) is 0 Å². The lowest BCUT2D eigenvalue weighted by Crippen LogP contribution is -2.19. The van der Waals surface area contributed by atoms with Gasteiger partial charge in [0, 0.05) is 17.9 Å². The van der Waals surface area contributed by atoms with Crippen LogP contribution in [-0.4, -0.2) is 18.0 Å². The molecule has 0 saturated carbocycles. The predicted octanol–water partition coefficient (Wildman–Crippen LogP) is 2.34. The van der Waals surface area contributed by atoms with Crippen molar-refractivity contribution in [2.45, 2.75) is 26.4 Å². The minimum Gasteiger partial charge on any atom is -0.496 e. The van der Waals surface area contributed by atoms with Crippen LogP contribution in [0.4, 0.5) is 0 Å². The van der Waals surface area contributed by atoms with E-state index in [0.29, 0.717) is 17.7 Å². The highest BCUT2D eigenvalue weighted by Gasteiger charge is 2.24. The molecule has 0 radical (unpaired) electrons. The topological polar surface area (TPSA) is 46.5 Å². The van der Waals surface area contributed by atoms with E-state index in [1.807, 2.05) is 12.1 Å². The Morgan fingerprint density at radius 2 is 2.06 bits per heavy atom. The first-order valence-electron chi connectivity index (χ1n) is 5.45. The monoisotopic (exact) mass is 222 g/mol. The predicted molar refractivity (Wildman–Crippen MR) is 62.4 cm³/mol. The Hall–Kier alpha value is -1.35. The number of aliphatic hydroxyl groups is 1. The smallest absolute Gasteiger partial charge is 0.138 e. The van der Waals surface area contributed by atoms with E-state index in [2.05, 4.69) is 0 Å². The van der Waals surface area contributed by atoms with Crippen molar-refractivity contribution in [1.29, 1.82) is 0 Å². The van der Waals surface area contributed by atoms with Gasteiger partial charge in [0.15, 0.2) is 0 Å². The number of aliphatic hydroxyl groups excluding tert-OH is 1. The van der Waals surface area contributed by atoms with E-state index in [-0.39, 0.29) is 5.78 Å². The van der Waals surface area contributed by atoms with E-state index in [0.717, 1.165) is 0 Å². The SMILES string of the molecule is CCC(=O)C(C)C(O)c1ccccc1OC. The highest BCUT2D eigenvalue weighted by molar-refractivity contribution is 5.81. The van der Waals surface area contributed by atoms with E-state index in [1.165, 1.54) is 0 Å². The summed E-state index contributed by atoms with van der Waals surface area (Å²) in [5.74, 6) is 0.269. The summed E-state index contributed by atoms with van der Waals surface area (Å²) in [7, 11) is 1.55. The third kappa shape index (κ3) is 2.61. The van der Waals surface area contributed by atoms with E-state index in [9.17, 15) is 9.90 Å². The maximum absolute atomic E-state index is 11.5. The molecule has 3 heteroatoms. The lowest BCUT2D eigenvalue weighted by molar-refractivity contribution is -0.125. The zero-order valence-corrected chi connectivity index (χ0v) is 9.93. The summed E-state index contributed by atoms with van der Waals surface area (Å²) in [6.07, 6.45) is -0.364. The van der Waals surface area contributed by atoms with Gasteiger partial charge in [0.2, 0.25) is 0 Å². The molecular formula is C13H18O3. The van der Waals surface area contributed by atoms with Crippen LogP contribution >= 0.6 is 0 Å². The molecule has 0 aliphatic heterocycles. The number of rotatable bonds is 5. The van der Waals surface area contributed by atoms with Crippen LogP contribution in [0.2, 0.25) is 0 Å². The van der Waals surface area contributed by atoms with Gasteiger partial charge in [0.05, 0.1) is 13.2 Å². The van der Waals surface area contributed by atoms with Crippen molar-refractivity contribution in [1.82, 2.24) is 0 Å². The van der Waals surface area contributed by atoms with Gasteiger partial charge in [-0.15, -0.1) is 0 Å². The van der Waals surface area contributed by atoms with Crippen molar-refractivity contribution in [3.63, 3.8) is 0 Å². The fourth-order valence-electron chi connectivity index (χ4n) is 1.68. The first kappa shape index (κ1) is 12.7. The molecule has 1 aromatic rings. The Bertz CT molecular complexity index is 360. The Morgan fingerprint density at radius 3 is 2.62 bits per heavy atom. The van der Waals surface area contributed by atoms with Crippen LogP contribution in [0.25, 0.3) is 0 Å². The minimum atomic E-state index is -0.802. The third-order valence-electron chi connectivity index (χ3n) is 2.79. The normalized spacial score (nSPS) is 14.2. The number of carbonyl (C=O) groups excluding carboxylic acids is 1. The number of methoxy groups -OCH3 is 1. The lowest BCUT2D eigenvalue weighted by atomic mass is 9.92. The molecule has 2 unspecified atom stereocenters. The molecule has 0 aliphatic carbocycles. The number of carbonyl (C=O) groups is 1. The average Bonchev–Trinajstić information content (AvgIpc) is 2.35. The van der Waals surface area contributed by atoms with Crippen LogP contribution in [0.5, 0.6) is 5.75 Å². The number of para-hydroxylation sites is 1. The fraction of sp³-hybridized carbons (Fsp3) is 0.462. The molecule has 0 spiro atoms. The first-order valence-corrected chi connectivity index (χ1v) is 5.45. The van der Waals surface area contributed by atoms with Crippen molar-refractivity contribution in [3.05, 3.63) is 29.8 Å². The van der Waals surface area contributed by atoms with Crippen molar-refractivity contribution >= 4 is 5.78 Å². The molecule has 0 bridgehead atoms. The van der Waals surface area contributed by atoms with Crippen molar-refractivity contribution in [3.8, 4) is 5.75 Å². The summed E-state index contributed by atoms with van der Waals surface area (Å²) >= 11 is 0. The van der Waals surface area contributed by atoms with Gasteiger partial charge in [-0.25, -0.2) is 0 Å². The largest absolute Gasteiger partial charge is 0.496 e. The van der Waals surface area contributed by atoms with Crippen LogP contribution in [0.1, 0.15) is 31.9 Å². The molecule has 3 nitrogen and oxygen atoms in total. The summed E-state index contributed by atoms with van der Waals surface area (Å²) in [5.41, 5.74) is 0.666. The Labute approximate surface area is 96.1 Å². The first-order chi connectivity index (χ1) is 7.61. The van der Waals surface area contributed by atoms with E-state index < -0.39 is 12.0 Å². The zero-order chi connectivity index (χ0) is 12.1. The van der Waals surface area contributed by atoms with Gasteiger partial charge in [-0.3, -0.25) is 4.79 Å². The highest BCUT2D eigenvalue weighted by atomic mass is 16.5. The molecule has 1 aromatic carbocycles. The highest BCUT2D eigenvalue weighted by Crippen LogP contribution is 2.30. The van der Waals surface area contributed by atoms with E-state index in [4.69, 9.17) is 4.74 Å². The second-order valence-corrected chi connectivity index (χ2v) is 3.80. The fourth-order valence-corrected chi connectivity index (χ4v) is 1.68. The van der Waals surface area contributed by atoms with E-state index >= 15 is 0 Å². The van der Waals surface area contributed by atoms with Gasteiger partial charge in [-0.1, -0.05) is 32.0 Å². The molecule has 1 N–H and O–H groups in total. The lowest BCUT2D eigenvalue weighted by Gasteiger charge is -2.19. The van der Waals surface area contributed by atoms with Crippen molar-refractivity contribution in [2.75, 3.05) is 7.11 Å². The Balaban J connectivity index is 2.95. The van der Waals surface area contributed by atoms with Crippen molar-refractivity contribution in [2.24, 2.45) is 5.92 Å². The molecule has 0 saturated heterocycles. The number of ketones is 1. The third-order valence-corrected chi connectivity index (χ3v) is 2.79. The summed E-state index contributed by atoms with van der Waals surface area (Å²) < 4.78 is 5.16. The number of benzene rings is 1. The van der Waals surface area contributed by atoms with E-state index in [1.54, 1.807) is 33.1 Å². The molecule has 0 amide bonds. The Morgan fingerprint density at radius 1 is 1.44 bits per heavy atom. The molecule has 2 atom stereocenters. The van der Waals surface area contributed by atoms with Gasteiger partial charge in [-0.05, 0) is 6.07 Å². The molecule has 88 valence electrons. The zero-order valence-electron chi connectivity index (χ0n) is 9.93. The number of ether oxygens (including phenoxy) is 1. The van der Waals surface area contributed by atoms with Crippen LogP contribution in [0.3, 0.4) is 0 Å². The second-order valence-electron chi connectivity index (χ2n) is 3.80. The van der Waals surface area contributed by atoms with Crippen LogP contribution in [0.15, 0.2) is 24.3 Å². The van der Waals surface area contributed by atoms with Crippen LogP contribution < -0.4 is 4.74 Å². The maximum atomic E-state index is 11.5. The summed E-state index contributed by atoms with van der Waals surface area (Å²) in [6.45, 7) is 3.54. The standard InChI is InChI=1S/C13H18O3/c1-4-11(14)9(2)13(15)10-7-5-6-8-12(10)16-3/h5-9,13,15H,4H2,1-3H3. The minimum absolute atomic E-state index is 0.0541. The summed E-state index contributed by atoms with van der Waals surface area (Å²) in [4.78, 5) is 11.5. The Kier molecular flexibility index (Phi) is 4.50. The molecule has 0 heterocycles. The van der Waals surface area contributed by atoms with Gasteiger partial charge in [0.1, 0.15) is 11.5 Å². The molecule has 0 aliphatic rings. The van der Waals surface area contributed by atoms with Crippen molar-refractivity contribution < 1.29 is 14.6 Å².